The van der Waals surface area contributed by atoms with Crippen molar-refractivity contribution in [1.29, 1.82) is 0 Å². The molecule has 1 atom stereocenters. The Morgan fingerprint density at radius 1 is 0.771 bits per heavy atom. The first kappa shape index (κ1) is 25.7. The number of nitrogens with zero attached hydrogens (tertiary/aromatic N) is 1. The molecule has 0 unspecified atom stereocenters. The maximum Gasteiger partial charge on any atom is 0.343 e. The fourth-order valence-corrected chi connectivity index (χ4v) is 3.79. The van der Waals surface area contributed by atoms with Crippen molar-refractivity contribution in [2.45, 2.75) is 39.2 Å². The molecule has 0 aromatic heterocycles. The second-order valence-corrected chi connectivity index (χ2v) is 8.32. The Balaban J connectivity index is 1.74. The molecule has 6 nitrogen and oxygen atoms in total. The molecule has 1 N–H and O–H groups in total. The van der Waals surface area contributed by atoms with Gasteiger partial charge in [-0.15, -0.1) is 0 Å². The van der Waals surface area contributed by atoms with Crippen LogP contribution in [0.4, 0.5) is 0 Å². The van der Waals surface area contributed by atoms with E-state index in [9.17, 15) is 14.4 Å². The lowest BCUT2D eigenvalue weighted by Crippen LogP contribution is -2.50. The van der Waals surface area contributed by atoms with E-state index in [4.69, 9.17) is 4.74 Å². The zero-order chi connectivity index (χ0) is 25.0. The summed E-state index contributed by atoms with van der Waals surface area (Å²) in [5, 5.41) is 2.93. The van der Waals surface area contributed by atoms with Crippen LogP contribution in [0.3, 0.4) is 0 Å². The molecule has 0 aliphatic carbocycles. The van der Waals surface area contributed by atoms with Crippen LogP contribution in [0.1, 0.15) is 53.0 Å². The third kappa shape index (κ3) is 7.54. The zero-order valence-corrected chi connectivity index (χ0v) is 20.3. The van der Waals surface area contributed by atoms with Gasteiger partial charge < -0.3 is 15.0 Å². The van der Waals surface area contributed by atoms with Crippen LogP contribution in [-0.4, -0.2) is 41.8 Å². The Kier molecular flexibility index (Phi) is 9.60. The summed E-state index contributed by atoms with van der Waals surface area (Å²) in [6.07, 6.45) is 2.01. The van der Waals surface area contributed by atoms with E-state index in [1.807, 2.05) is 43.0 Å². The fraction of sp³-hybridized carbons (Fsp3) is 0.276. The van der Waals surface area contributed by atoms with E-state index in [0.717, 1.165) is 18.4 Å². The van der Waals surface area contributed by atoms with E-state index in [1.165, 1.54) is 0 Å². The highest BCUT2D eigenvalue weighted by Crippen LogP contribution is 2.17. The van der Waals surface area contributed by atoms with E-state index >= 15 is 0 Å². The van der Waals surface area contributed by atoms with Crippen LogP contribution < -0.4 is 10.1 Å². The predicted octanol–water partition coefficient (Wildman–Crippen LogP) is 4.90. The Bertz CT molecular complexity index is 1090. The summed E-state index contributed by atoms with van der Waals surface area (Å²) in [4.78, 5) is 40.4. The number of esters is 1. The van der Waals surface area contributed by atoms with Crippen LogP contribution in [0.2, 0.25) is 0 Å². The van der Waals surface area contributed by atoms with Crippen molar-refractivity contribution in [1.82, 2.24) is 10.2 Å². The molecule has 0 spiro atoms. The topological polar surface area (TPSA) is 75.7 Å². The normalized spacial score (nSPS) is 11.4. The standard InChI is InChI=1S/C29H32N2O4/c1-3-19-31(20-4-2)28(33)26(30-27(32)23-11-7-5-8-12-23)21-22-15-17-25(18-16-22)35-29(34)24-13-9-6-10-14-24/h5-18,26H,3-4,19-21H2,1-2H3,(H,30,32)/t26-/m0/s1. The molecule has 0 fully saturated rings. The van der Waals surface area contributed by atoms with Crippen molar-refractivity contribution < 1.29 is 19.1 Å². The molecule has 0 radical (unpaired) electrons. The van der Waals surface area contributed by atoms with Crippen LogP contribution in [0.25, 0.3) is 0 Å². The molecular formula is C29H32N2O4. The van der Waals surface area contributed by atoms with Gasteiger partial charge in [0.1, 0.15) is 11.8 Å². The minimum atomic E-state index is -0.710. The minimum Gasteiger partial charge on any atom is -0.423 e. The Morgan fingerprint density at radius 3 is 1.86 bits per heavy atom. The molecular weight excluding hydrogens is 440 g/mol. The molecule has 3 aromatic carbocycles. The quantitative estimate of drug-likeness (QED) is 0.318. The number of ether oxygens (including phenoxy) is 1. The minimum absolute atomic E-state index is 0.0995. The van der Waals surface area contributed by atoms with Gasteiger partial charge in [-0.1, -0.05) is 62.4 Å². The lowest BCUT2D eigenvalue weighted by Gasteiger charge is -2.27. The van der Waals surface area contributed by atoms with E-state index in [1.54, 1.807) is 60.7 Å². The Hall–Kier alpha value is -3.93. The first-order valence-corrected chi connectivity index (χ1v) is 12.0. The number of carbonyl (C=O) groups is 3. The molecule has 35 heavy (non-hydrogen) atoms. The molecule has 0 bridgehead atoms. The van der Waals surface area contributed by atoms with Gasteiger partial charge in [0.05, 0.1) is 5.56 Å². The molecule has 182 valence electrons. The molecule has 3 aromatic rings. The monoisotopic (exact) mass is 472 g/mol. The van der Waals surface area contributed by atoms with Gasteiger partial charge in [-0.05, 0) is 54.8 Å². The Morgan fingerprint density at radius 2 is 1.31 bits per heavy atom. The van der Waals surface area contributed by atoms with Gasteiger partial charge in [0.25, 0.3) is 5.91 Å². The molecule has 6 heteroatoms. The number of rotatable bonds is 11. The van der Waals surface area contributed by atoms with Gasteiger partial charge in [-0.25, -0.2) is 4.79 Å². The van der Waals surface area contributed by atoms with E-state index in [2.05, 4.69) is 5.32 Å². The molecule has 0 aliphatic rings. The lowest BCUT2D eigenvalue weighted by atomic mass is 10.0. The second-order valence-electron chi connectivity index (χ2n) is 8.32. The molecule has 2 amide bonds. The van der Waals surface area contributed by atoms with Crippen LogP contribution in [-0.2, 0) is 11.2 Å². The predicted molar refractivity (Wildman–Crippen MR) is 136 cm³/mol. The fourth-order valence-electron chi connectivity index (χ4n) is 3.79. The number of carbonyl (C=O) groups excluding carboxylic acids is 3. The van der Waals surface area contributed by atoms with Crippen molar-refractivity contribution >= 4 is 17.8 Å². The van der Waals surface area contributed by atoms with Crippen molar-refractivity contribution in [3.63, 3.8) is 0 Å². The van der Waals surface area contributed by atoms with Crippen molar-refractivity contribution in [3.05, 3.63) is 102 Å². The molecule has 3 rings (SSSR count). The maximum absolute atomic E-state index is 13.4. The zero-order valence-electron chi connectivity index (χ0n) is 20.3. The molecule has 0 aliphatic heterocycles. The summed E-state index contributed by atoms with van der Waals surface area (Å²) < 4.78 is 5.45. The number of nitrogens with one attached hydrogen (secondary N) is 1. The smallest absolute Gasteiger partial charge is 0.343 e. The highest BCUT2D eigenvalue weighted by atomic mass is 16.5. The third-order valence-corrected chi connectivity index (χ3v) is 5.52. The van der Waals surface area contributed by atoms with Crippen LogP contribution in [0.5, 0.6) is 5.75 Å². The van der Waals surface area contributed by atoms with Gasteiger partial charge >= 0.3 is 5.97 Å². The summed E-state index contributed by atoms with van der Waals surface area (Å²) in [5.74, 6) is -0.406. The van der Waals surface area contributed by atoms with Gasteiger partial charge in [-0.2, -0.15) is 0 Å². The van der Waals surface area contributed by atoms with E-state index in [0.29, 0.717) is 36.4 Å². The number of hydrogen-bond acceptors (Lipinski definition) is 4. The highest BCUT2D eigenvalue weighted by molar-refractivity contribution is 5.97. The largest absolute Gasteiger partial charge is 0.423 e. The van der Waals surface area contributed by atoms with Crippen LogP contribution in [0, 0.1) is 0 Å². The Labute approximate surface area is 206 Å². The van der Waals surface area contributed by atoms with Gasteiger partial charge in [-0.3, -0.25) is 9.59 Å². The second kappa shape index (κ2) is 13.1. The average molecular weight is 473 g/mol. The van der Waals surface area contributed by atoms with Crippen molar-refractivity contribution in [3.8, 4) is 5.75 Å². The van der Waals surface area contributed by atoms with Gasteiger partial charge in [0.15, 0.2) is 0 Å². The highest BCUT2D eigenvalue weighted by Gasteiger charge is 2.26. The third-order valence-electron chi connectivity index (χ3n) is 5.52. The van der Waals surface area contributed by atoms with Crippen molar-refractivity contribution in [2.24, 2.45) is 0 Å². The van der Waals surface area contributed by atoms with Crippen LogP contribution >= 0.6 is 0 Å². The SMILES string of the molecule is CCCN(CCC)C(=O)[C@H](Cc1ccc(OC(=O)c2ccccc2)cc1)NC(=O)c1ccccc1. The summed E-state index contributed by atoms with van der Waals surface area (Å²) in [6.45, 7) is 5.34. The molecule has 0 heterocycles. The lowest BCUT2D eigenvalue weighted by molar-refractivity contribution is -0.133. The maximum atomic E-state index is 13.4. The number of amides is 2. The van der Waals surface area contributed by atoms with E-state index < -0.39 is 12.0 Å². The van der Waals surface area contributed by atoms with Crippen LogP contribution in [0.15, 0.2) is 84.9 Å². The summed E-state index contributed by atoms with van der Waals surface area (Å²) in [6, 6.07) is 24.0. The first-order valence-electron chi connectivity index (χ1n) is 12.0. The van der Waals surface area contributed by atoms with E-state index in [-0.39, 0.29) is 11.8 Å². The van der Waals surface area contributed by atoms with Gasteiger partial charge in [0.2, 0.25) is 5.91 Å². The number of benzene rings is 3. The molecule has 0 saturated heterocycles. The molecule has 0 saturated carbocycles. The van der Waals surface area contributed by atoms with Crippen molar-refractivity contribution in [2.75, 3.05) is 13.1 Å². The summed E-state index contributed by atoms with van der Waals surface area (Å²) in [7, 11) is 0. The van der Waals surface area contributed by atoms with Gasteiger partial charge in [0, 0.05) is 25.1 Å². The first-order chi connectivity index (χ1) is 17.0. The number of hydrogen-bond donors (Lipinski definition) is 1. The summed E-state index contributed by atoms with van der Waals surface area (Å²) >= 11 is 0. The summed E-state index contributed by atoms with van der Waals surface area (Å²) in [5.41, 5.74) is 1.83. The average Bonchev–Trinajstić information content (AvgIpc) is 2.89.